The molecule has 1 aliphatic rings. The Morgan fingerprint density at radius 1 is 1.17 bits per heavy atom. The predicted octanol–water partition coefficient (Wildman–Crippen LogP) is 5.82. The van der Waals surface area contributed by atoms with E-state index in [4.69, 9.17) is 15.5 Å². The van der Waals surface area contributed by atoms with Crippen molar-refractivity contribution in [2.45, 2.75) is 43.9 Å². The van der Waals surface area contributed by atoms with Gasteiger partial charge in [-0.1, -0.05) is 68.1 Å². The van der Waals surface area contributed by atoms with Crippen LogP contribution in [0.25, 0.3) is 21.0 Å². The Bertz CT molecular complexity index is 1200. The molecule has 0 amide bonds. The minimum absolute atomic E-state index is 0.238. The summed E-state index contributed by atoms with van der Waals surface area (Å²) in [5, 5.41) is 4.29. The number of anilines is 1. The highest BCUT2D eigenvalue weighted by Gasteiger charge is 2.27. The zero-order valence-corrected chi connectivity index (χ0v) is 18.1. The molecule has 1 atom stereocenters. The number of fused-ring (bicyclic) bond motifs is 4. The molecule has 2 aromatic heterocycles. The van der Waals surface area contributed by atoms with Crippen LogP contribution in [0.1, 0.15) is 29.9 Å². The standard InChI is InChI=1S/C23H23N3OS2/c1-13(2)18-10-17-19(11-27-18)29-22-20(17)21(24)25-23(26-22)28-12-14-7-8-15-5-3-4-6-16(15)9-14/h3-9,13,18H,10-12H2,1-2H3,(H2,24,25,26)/t18-/m1/s1. The van der Waals surface area contributed by atoms with E-state index in [1.807, 2.05) is 0 Å². The maximum atomic E-state index is 6.39. The fraction of sp³-hybridized carbons (Fsp3) is 0.304. The first-order valence-corrected chi connectivity index (χ1v) is 11.7. The van der Waals surface area contributed by atoms with Crippen molar-refractivity contribution < 1.29 is 4.74 Å². The van der Waals surface area contributed by atoms with Crippen molar-refractivity contribution in [3.05, 3.63) is 58.5 Å². The van der Waals surface area contributed by atoms with Gasteiger partial charge in [0.1, 0.15) is 10.6 Å². The number of ether oxygens (including phenoxy) is 1. The fourth-order valence-electron chi connectivity index (χ4n) is 3.86. The molecule has 0 spiro atoms. The van der Waals surface area contributed by atoms with E-state index < -0.39 is 0 Å². The van der Waals surface area contributed by atoms with Crippen LogP contribution in [-0.4, -0.2) is 16.1 Å². The Morgan fingerprint density at radius 3 is 2.83 bits per heavy atom. The monoisotopic (exact) mass is 421 g/mol. The van der Waals surface area contributed by atoms with Gasteiger partial charge in [-0.3, -0.25) is 0 Å². The summed E-state index contributed by atoms with van der Waals surface area (Å²) in [5.41, 5.74) is 8.94. The smallest absolute Gasteiger partial charge is 0.191 e. The molecule has 0 radical (unpaired) electrons. The summed E-state index contributed by atoms with van der Waals surface area (Å²) in [4.78, 5) is 11.7. The molecule has 0 aliphatic carbocycles. The third kappa shape index (κ3) is 3.61. The highest BCUT2D eigenvalue weighted by molar-refractivity contribution is 7.98. The van der Waals surface area contributed by atoms with Crippen LogP contribution in [-0.2, 0) is 23.5 Å². The Labute approximate surface area is 178 Å². The molecule has 3 heterocycles. The number of nitrogens with two attached hydrogens (primary N) is 1. The zero-order chi connectivity index (χ0) is 20.0. The first kappa shape index (κ1) is 18.9. The van der Waals surface area contributed by atoms with Gasteiger partial charge in [0.25, 0.3) is 0 Å². The van der Waals surface area contributed by atoms with E-state index in [2.05, 4.69) is 61.3 Å². The van der Waals surface area contributed by atoms with Gasteiger partial charge < -0.3 is 10.5 Å². The minimum atomic E-state index is 0.238. The normalized spacial score (nSPS) is 16.6. The van der Waals surface area contributed by atoms with Gasteiger partial charge >= 0.3 is 0 Å². The maximum absolute atomic E-state index is 6.39. The number of rotatable bonds is 4. The van der Waals surface area contributed by atoms with Crippen LogP contribution in [0.3, 0.4) is 0 Å². The summed E-state index contributed by atoms with van der Waals surface area (Å²) in [6.45, 7) is 5.05. The van der Waals surface area contributed by atoms with Gasteiger partial charge in [-0.2, -0.15) is 0 Å². The van der Waals surface area contributed by atoms with E-state index in [0.29, 0.717) is 18.3 Å². The first-order valence-electron chi connectivity index (χ1n) is 9.88. The van der Waals surface area contributed by atoms with E-state index >= 15 is 0 Å². The molecule has 6 heteroatoms. The first-order chi connectivity index (χ1) is 14.1. The third-order valence-corrected chi connectivity index (χ3v) is 7.52. The Hall–Kier alpha value is -2.15. The lowest BCUT2D eigenvalue weighted by Crippen LogP contribution is -2.26. The number of nitrogens with zero attached hydrogens (tertiary/aromatic N) is 2. The van der Waals surface area contributed by atoms with Crippen molar-refractivity contribution >= 4 is 49.9 Å². The van der Waals surface area contributed by atoms with E-state index in [0.717, 1.165) is 27.5 Å². The number of thiophene rings is 1. The van der Waals surface area contributed by atoms with Crippen molar-refractivity contribution in [2.75, 3.05) is 5.73 Å². The third-order valence-electron chi connectivity index (χ3n) is 5.50. The number of thioether (sulfide) groups is 1. The van der Waals surface area contributed by atoms with Gasteiger partial charge in [0.15, 0.2) is 5.16 Å². The van der Waals surface area contributed by atoms with Crippen LogP contribution in [0, 0.1) is 5.92 Å². The molecule has 0 bridgehead atoms. The van der Waals surface area contributed by atoms with Crippen LogP contribution in [0.4, 0.5) is 5.82 Å². The highest BCUT2D eigenvalue weighted by Crippen LogP contribution is 2.39. The van der Waals surface area contributed by atoms with Gasteiger partial charge in [-0.25, -0.2) is 9.97 Å². The lowest BCUT2D eigenvalue weighted by Gasteiger charge is -2.26. The van der Waals surface area contributed by atoms with Crippen LogP contribution in [0.2, 0.25) is 0 Å². The Morgan fingerprint density at radius 2 is 2.00 bits per heavy atom. The van der Waals surface area contributed by atoms with E-state index in [1.54, 1.807) is 23.1 Å². The largest absolute Gasteiger partial charge is 0.383 e. The van der Waals surface area contributed by atoms with Crippen molar-refractivity contribution in [1.29, 1.82) is 0 Å². The van der Waals surface area contributed by atoms with Crippen molar-refractivity contribution in [2.24, 2.45) is 5.92 Å². The number of aromatic nitrogens is 2. The molecular weight excluding hydrogens is 398 g/mol. The number of hydrogen-bond donors (Lipinski definition) is 1. The van der Waals surface area contributed by atoms with E-state index in [-0.39, 0.29) is 6.10 Å². The Balaban J connectivity index is 1.41. The predicted molar refractivity (Wildman–Crippen MR) is 122 cm³/mol. The molecular formula is C23H23N3OS2. The van der Waals surface area contributed by atoms with Crippen molar-refractivity contribution in [3.8, 4) is 0 Å². The summed E-state index contributed by atoms with van der Waals surface area (Å²) in [7, 11) is 0. The van der Waals surface area contributed by atoms with E-state index in [1.165, 1.54) is 26.8 Å². The molecule has 1 aliphatic heterocycles. The van der Waals surface area contributed by atoms with Crippen LogP contribution < -0.4 is 5.73 Å². The molecule has 2 N–H and O–H groups in total. The lowest BCUT2D eigenvalue weighted by molar-refractivity contribution is 0.00203. The molecule has 0 saturated heterocycles. The lowest BCUT2D eigenvalue weighted by atomic mass is 9.96. The molecule has 148 valence electrons. The van der Waals surface area contributed by atoms with Crippen LogP contribution in [0.15, 0.2) is 47.6 Å². The number of nitrogen functional groups attached to an aromatic ring is 1. The molecule has 0 saturated carbocycles. The van der Waals surface area contributed by atoms with Crippen LogP contribution >= 0.6 is 23.1 Å². The second kappa shape index (κ2) is 7.59. The van der Waals surface area contributed by atoms with Gasteiger partial charge in [0, 0.05) is 17.1 Å². The average molecular weight is 422 g/mol. The molecule has 4 aromatic rings. The summed E-state index contributed by atoms with van der Waals surface area (Å²) >= 11 is 3.33. The van der Waals surface area contributed by atoms with Crippen molar-refractivity contribution in [3.63, 3.8) is 0 Å². The summed E-state index contributed by atoms with van der Waals surface area (Å²) in [5.74, 6) is 1.90. The SMILES string of the molecule is CC(C)[C@H]1Cc2c(sc3nc(SCc4ccc5ccccc5c4)nc(N)c23)CO1. The second-order valence-corrected chi connectivity index (χ2v) is 9.87. The van der Waals surface area contributed by atoms with Gasteiger partial charge in [0.05, 0.1) is 18.1 Å². The van der Waals surface area contributed by atoms with Gasteiger partial charge in [0.2, 0.25) is 0 Å². The molecule has 0 unspecified atom stereocenters. The summed E-state index contributed by atoms with van der Waals surface area (Å²) in [6, 6.07) is 15.0. The molecule has 29 heavy (non-hydrogen) atoms. The Kier molecular flexibility index (Phi) is 4.94. The van der Waals surface area contributed by atoms with E-state index in [9.17, 15) is 0 Å². The van der Waals surface area contributed by atoms with Crippen molar-refractivity contribution in [1.82, 2.24) is 9.97 Å². The topological polar surface area (TPSA) is 61.0 Å². The molecule has 4 nitrogen and oxygen atoms in total. The van der Waals surface area contributed by atoms with Gasteiger partial charge in [-0.15, -0.1) is 11.3 Å². The fourth-order valence-corrected chi connectivity index (χ4v) is 5.84. The quantitative estimate of drug-likeness (QED) is 0.332. The number of hydrogen-bond acceptors (Lipinski definition) is 6. The second-order valence-electron chi connectivity index (χ2n) is 7.84. The zero-order valence-electron chi connectivity index (χ0n) is 16.5. The van der Waals surface area contributed by atoms with Crippen LogP contribution in [0.5, 0.6) is 0 Å². The molecule has 0 fully saturated rings. The molecule has 2 aromatic carbocycles. The average Bonchev–Trinajstić information content (AvgIpc) is 3.10. The summed E-state index contributed by atoms with van der Waals surface area (Å²) < 4.78 is 6.02. The maximum Gasteiger partial charge on any atom is 0.191 e. The summed E-state index contributed by atoms with van der Waals surface area (Å²) in [6.07, 6.45) is 1.13. The highest BCUT2D eigenvalue weighted by atomic mass is 32.2. The van der Waals surface area contributed by atoms with Gasteiger partial charge in [-0.05, 0) is 27.8 Å². The minimum Gasteiger partial charge on any atom is -0.383 e. The molecule has 5 rings (SSSR count). The number of benzene rings is 2.